The Balaban J connectivity index is 3.11. The van der Waals surface area contributed by atoms with E-state index in [4.69, 9.17) is 5.84 Å². The van der Waals surface area contributed by atoms with E-state index < -0.39 is 11.5 Å². The second kappa shape index (κ2) is 5.28. The summed E-state index contributed by atoms with van der Waals surface area (Å²) in [7, 11) is 1.15. The van der Waals surface area contributed by atoms with Crippen molar-refractivity contribution < 1.29 is 22.7 Å². The zero-order valence-electron chi connectivity index (χ0n) is 8.67. The van der Waals surface area contributed by atoms with Crippen molar-refractivity contribution in [3.05, 3.63) is 23.8 Å². The number of nitrogen functional groups attached to an aromatic ring is 1. The third kappa shape index (κ3) is 3.82. The van der Waals surface area contributed by atoms with Crippen LogP contribution in [0.1, 0.15) is 10.4 Å². The van der Waals surface area contributed by atoms with E-state index in [9.17, 15) is 18.0 Å². The molecule has 0 aliphatic carbocycles. The molecular formula is C9H9F3N2O2S. The van der Waals surface area contributed by atoms with E-state index in [1.165, 1.54) is 12.1 Å². The van der Waals surface area contributed by atoms with Crippen LogP contribution in [0.5, 0.6) is 0 Å². The first-order chi connectivity index (χ1) is 7.87. The first-order valence-electron chi connectivity index (χ1n) is 4.32. The number of carbonyl (C=O) groups excluding carboxylic acids is 1. The molecule has 0 radical (unpaired) electrons. The largest absolute Gasteiger partial charge is 0.465 e. The zero-order chi connectivity index (χ0) is 13.1. The summed E-state index contributed by atoms with van der Waals surface area (Å²) in [5, 5.41) is 0. The number of ether oxygens (including phenoxy) is 1. The monoisotopic (exact) mass is 266 g/mol. The number of anilines is 1. The molecular weight excluding hydrogens is 257 g/mol. The number of hydrazine groups is 1. The predicted molar refractivity (Wildman–Crippen MR) is 57.5 cm³/mol. The predicted octanol–water partition coefficient (Wildman–Crippen LogP) is 2.37. The molecule has 0 unspecified atom stereocenters. The molecule has 4 nitrogen and oxygen atoms in total. The minimum Gasteiger partial charge on any atom is -0.465 e. The third-order valence-corrected chi connectivity index (χ3v) is 2.57. The fourth-order valence-corrected chi connectivity index (χ4v) is 1.77. The molecule has 0 saturated heterocycles. The van der Waals surface area contributed by atoms with Crippen molar-refractivity contribution >= 4 is 23.4 Å². The molecule has 0 fully saturated rings. The lowest BCUT2D eigenvalue weighted by atomic mass is 10.2. The number of hydrogen-bond donors (Lipinski definition) is 2. The van der Waals surface area contributed by atoms with Crippen molar-refractivity contribution in [1.29, 1.82) is 0 Å². The number of alkyl halides is 3. The molecule has 1 aromatic rings. The molecule has 0 atom stereocenters. The molecule has 17 heavy (non-hydrogen) atoms. The van der Waals surface area contributed by atoms with Gasteiger partial charge in [0.2, 0.25) is 0 Å². The summed E-state index contributed by atoms with van der Waals surface area (Å²) in [6, 6.07) is 3.67. The number of carbonyl (C=O) groups is 1. The SMILES string of the molecule is COC(=O)c1ccc(NN)c(SC(F)(F)F)c1. The Labute approximate surface area is 99.3 Å². The lowest BCUT2D eigenvalue weighted by Crippen LogP contribution is -2.11. The van der Waals surface area contributed by atoms with Gasteiger partial charge in [0.1, 0.15) is 0 Å². The second-order valence-electron chi connectivity index (χ2n) is 2.89. The molecule has 0 bridgehead atoms. The van der Waals surface area contributed by atoms with E-state index in [-0.39, 0.29) is 27.9 Å². The van der Waals surface area contributed by atoms with Gasteiger partial charge in [-0.1, -0.05) is 0 Å². The van der Waals surface area contributed by atoms with Gasteiger partial charge >= 0.3 is 11.5 Å². The molecule has 0 aromatic heterocycles. The molecule has 8 heteroatoms. The Morgan fingerprint density at radius 2 is 2.12 bits per heavy atom. The second-order valence-corrected chi connectivity index (χ2v) is 4.00. The van der Waals surface area contributed by atoms with Gasteiger partial charge in [-0.2, -0.15) is 13.2 Å². The molecule has 1 aromatic carbocycles. The maximum absolute atomic E-state index is 12.3. The fourth-order valence-electron chi connectivity index (χ4n) is 1.10. The Kier molecular flexibility index (Phi) is 4.24. The standard InChI is InChI=1S/C9H9F3N2O2S/c1-16-8(15)5-2-3-6(14-13)7(4-5)17-9(10,11)12/h2-4,14H,13H2,1H3. The molecule has 0 heterocycles. The van der Waals surface area contributed by atoms with Gasteiger partial charge in [0.05, 0.1) is 18.4 Å². The van der Waals surface area contributed by atoms with Crippen LogP contribution in [-0.2, 0) is 4.74 Å². The Morgan fingerprint density at radius 1 is 1.47 bits per heavy atom. The number of methoxy groups -OCH3 is 1. The van der Waals surface area contributed by atoms with E-state index in [0.29, 0.717) is 0 Å². The minimum absolute atomic E-state index is 0.0262. The van der Waals surface area contributed by atoms with Crippen LogP contribution in [0.3, 0.4) is 0 Å². The molecule has 0 aliphatic heterocycles. The zero-order valence-corrected chi connectivity index (χ0v) is 9.48. The van der Waals surface area contributed by atoms with Gasteiger partial charge in [0.15, 0.2) is 0 Å². The minimum atomic E-state index is -4.46. The highest BCUT2D eigenvalue weighted by molar-refractivity contribution is 8.00. The van der Waals surface area contributed by atoms with Crippen molar-refractivity contribution in [2.75, 3.05) is 12.5 Å². The molecule has 94 valence electrons. The van der Waals surface area contributed by atoms with Gasteiger partial charge in [-0.25, -0.2) is 4.79 Å². The number of rotatable bonds is 3. The van der Waals surface area contributed by atoms with Crippen LogP contribution in [0.4, 0.5) is 18.9 Å². The molecule has 0 aliphatic rings. The number of nitrogens with two attached hydrogens (primary N) is 1. The van der Waals surface area contributed by atoms with Crippen molar-refractivity contribution in [1.82, 2.24) is 0 Å². The molecule has 1 rings (SSSR count). The first-order valence-corrected chi connectivity index (χ1v) is 5.13. The van der Waals surface area contributed by atoms with Gasteiger partial charge < -0.3 is 10.2 Å². The lowest BCUT2D eigenvalue weighted by molar-refractivity contribution is -0.0328. The normalized spacial score (nSPS) is 11.1. The van der Waals surface area contributed by atoms with Gasteiger partial charge in [0, 0.05) is 4.90 Å². The summed E-state index contributed by atoms with van der Waals surface area (Å²) in [6.45, 7) is 0. The van der Waals surface area contributed by atoms with Gasteiger partial charge in [-0.3, -0.25) is 5.84 Å². The van der Waals surface area contributed by atoms with E-state index in [2.05, 4.69) is 10.2 Å². The fraction of sp³-hybridized carbons (Fsp3) is 0.222. The van der Waals surface area contributed by atoms with E-state index in [1.807, 2.05) is 0 Å². The summed E-state index contributed by atoms with van der Waals surface area (Å²) in [4.78, 5) is 11.0. The maximum atomic E-state index is 12.3. The van der Waals surface area contributed by atoms with Crippen LogP contribution in [0.25, 0.3) is 0 Å². The number of benzene rings is 1. The molecule has 3 N–H and O–H groups in total. The van der Waals surface area contributed by atoms with Gasteiger partial charge in [-0.05, 0) is 30.0 Å². The van der Waals surface area contributed by atoms with Crippen molar-refractivity contribution in [3.63, 3.8) is 0 Å². The molecule has 0 saturated carbocycles. The van der Waals surface area contributed by atoms with E-state index in [0.717, 1.165) is 13.2 Å². The van der Waals surface area contributed by atoms with E-state index in [1.54, 1.807) is 0 Å². The number of nitrogens with one attached hydrogen (secondary N) is 1. The van der Waals surface area contributed by atoms with Crippen LogP contribution in [0, 0.1) is 0 Å². The number of esters is 1. The summed E-state index contributed by atoms with van der Waals surface area (Å²) in [6.07, 6.45) is 0. The highest BCUT2D eigenvalue weighted by Crippen LogP contribution is 2.40. The number of halogens is 3. The summed E-state index contributed by atoms with van der Waals surface area (Å²) >= 11 is -0.356. The van der Waals surface area contributed by atoms with Crippen LogP contribution in [-0.4, -0.2) is 18.6 Å². The van der Waals surface area contributed by atoms with Gasteiger partial charge in [0.25, 0.3) is 0 Å². The smallest absolute Gasteiger partial charge is 0.446 e. The summed E-state index contributed by atoms with van der Waals surface area (Å²) < 4.78 is 41.2. The van der Waals surface area contributed by atoms with Crippen LogP contribution in [0.15, 0.2) is 23.1 Å². The Hall–Kier alpha value is -1.41. The summed E-state index contributed by atoms with van der Waals surface area (Å²) in [5.74, 6) is 4.37. The average molecular weight is 266 g/mol. The van der Waals surface area contributed by atoms with Crippen molar-refractivity contribution in [3.8, 4) is 0 Å². The number of thioether (sulfide) groups is 1. The molecule has 0 spiro atoms. The molecule has 0 amide bonds. The van der Waals surface area contributed by atoms with Crippen molar-refractivity contribution in [2.45, 2.75) is 10.4 Å². The van der Waals surface area contributed by atoms with Gasteiger partial charge in [-0.15, -0.1) is 0 Å². The maximum Gasteiger partial charge on any atom is 0.446 e. The highest BCUT2D eigenvalue weighted by atomic mass is 32.2. The van der Waals surface area contributed by atoms with Crippen LogP contribution in [0.2, 0.25) is 0 Å². The van der Waals surface area contributed by atoms with Crippen LogP contribution < -0.4 is 11.3 Å². The highest BCUT2D eigenvalue weighted by Gasteiger charge is 2.30. The Bertz CT molecular complexity index is 423. The number of hydrogen-bond acceptors (Lipinski definition) is 5. The van der Waals surface area contributed by atoms with Crippen molar-refractivity contribution in [2.24, 2.45) is 5.84 Å². The topological polar surface area (TPSA) is 64.3 Å². The van der Waals surface area contributed by atoms with Crippen LogP contribution >= 0.6 is 11.8 Å². The first kappa shape index (κ1) is 13.7. The third-order valence-electron chi connectivity index (χ3n) is 1.78. The lowest BCUT2D eigenvalue weighted by Gasteiger charge is -2.11. The summed E-state index contributed by atoms with van der Waals surface area (Å²) in [5.41, 5.74) is -2.22. The van der Waals surface area contributed by atoms with E-state index >= 15 is 0 Å². The average Bonchev–Trinajstić information content (AvgIpc) is 2.25. The quantitative estimate of drug-likeness (QED) is 0.380. The Morgan fingerprint density at radius 3 is 2.59 bits per heavy atom.